The van der Waals surface area contributed by atoms with E-state index < -0.39 is 16.0 Å². The molecule has 0 amide bonds. The van der Waals surface area contributed by atoms with Gasteiger partial charge in [-0.2, -0.15) is 0 Å². The van der Waals surface area contributed by atoms with Crippen LogP contribution in [-0.2, 0) is 16.4 Å². The third-order valence-corrected chi connectivity index (χ3v) is 5.04. The van der Waals surface area contributed by atoms with Crippen molar-refractivity contribution >= 4 is 16.0 Å². The topological polar surface area (TPSA) is 83.5 Å². The van der Waals surface area contributed by atoms with Gasteiger partial charge in [0.2, 0.25) is 10.0 Å². The molecule has 1 atom stereocenters. The van der Waals surface area contributed by atoms with Crippen molar-refractivity contribution in [3.63, 3.8) is 0 Å². The van der Waals surface area contributed by atoms with E-state index in [2.05, 4.69) is 4.72 Å². The van der Waals surface area contributed by atoms with Crippen LogP contribution in [0.1, 0.15) is 29.3 Å². The lowest BCUT2D eigenvalue weighted by atomic mass is 10.1. The summed E-state index contributed by atoms with van der Waals surface area (Å²) < 4.78 is 27.2. The molecule has 0 aliphatic heterocycles. The summed E-state index contributed by atoms with van der Waals surface area (Å²) in [6.07, 6.45) is 1.42. The average Bonchev–Trinajstić information content (AvgIpc) is 2.53. The number of carboxylic acids is 1. The minimum Gasteiger partial charge on any atom is -0.478 e. The first kappa shape index (κ1) is 17.2. The highest BCUT2D eigenvalue weighted by atomic mass is 32.2. The van der Waals surface area contributed by atoms with Crippen LogP contribution >= 0.6 is 0 Å². The Kier molecular flexibility index (Phi) is 5.52. The Labute approximate surface area is 136 Å². The first-order valence-corrected chi connectivity index (χ1v) is 8.76. The van der Waals surface area contributed by atoms with Gasteiger partial charge in [-0.05, 0) is 43.5 Å². The summed E-state index contributed by atoms with van der Waals surface area (Å²) in [4.78, 5) is 10.9. The zero-order valence-corrected chi connectivity index (χ0v) is 13.6. The van der Waals surface area contributed by atoms with Crippen LogP contribution in [0.3, 0.4) is 0 Å². The molecule has 5 nitrogen and oxygen atoms in total. The fourth-order valence-electron chi connectivity index (χ4n) is 2.22. The standard InChI is InChI=1S/C17H19NO4S/c1-13(10-11-14-6-3-2-4-7-14)18-23(21,22)16-9-5-8-15(12-16)17(19)20/h2-9,12-13,18H,10-11H2,1H3,(H,19,20). The quantitative estimate of drug-likeness (QED) is 0.816. The summed E-state index contributed by atoms with van der Waals surface area (Å²) in [7, 11) is -3.73. The molecule has 2 aromatic carbocycles. The Morgan fingerprint density at radius 3 is 2.48 bits per heavy atom. The van der Waals surface area contributed by atoms with E-state index >= 15 is 0 Å². The molecule has 0 fully saturated rings. The van der Waals surface area contributed by atoms with Gasteiger partial charge in [-0.15, -0.1) is 0 Å². The Hall–Kier alpha value is -2.18. The van der Waals surface area contributed by atoms with Crippen molar-refractivity contribution in [1.29, 1.82) is 0 Å². The molecule has 122 valence electrons. The third-order valence-electron chi connectivity index (χ3n) is 3.46. The van der Waals surface area contributed by atoms with Gasteiger partial charge in [-0.3, -0.25) is 0 Å². The second-order valence-electron chi connectivity index (χ2n) is 5.38. The molecule has 6 heteroatoms. The zero-order chi connectivity index (χ0) is 16.9. The van der Waals surface area contributed by atoms with Gasteiger partial charge < -0.3 is 5.11 Å². The number of carboxylic acid groups (broad SMARTS) is 1. The molecule has 23 heavy (non-hydrogen) atoms. The van der Waals surface area contributed by atoms with E-state index in [0.717, 1.165) is 18.1 Å². The maximum atomic E-state index is 12.3. The van der Waals surface area contributed by atoms with E-state index in [9.17, 15) is 13.2 Å². The smallest absolute Gasteiger partial charge is 0.335 e. The highest BCUT2D eigenvalue weighted by Gasteiger charge is 2.18. The van der Waals surface area contributed by atoms with Gasteiger partial charge in [-0.25, -0.2) is 17.9 Å². The first-order valence-electron chi connectivity index (χ1n) is 7.28. The number of carbonyl (C=O) groups is 1. The van der Waals surface area contributed by atoms with Gasteiger partial charge >= 0.3 is 5.97 Å². The lowest BCUT2D eigenvalue weighted by molar-refractivity contribution is 0.0696. The number of nitrogens with one attached hydrogen (secondary N) is 1. The van der Waals surface area contributed by atoms with Crippen LogP contribution in [0.25, 0.3) is 0 Å². The van der Waals surface area contributed by atoms with E-state index in [4.69, 9.17) is 5.11 Å². The second-order valence-corrected chi connectivity index (χ2v) is 7.09. The Balaban J connectivity index is 2.02. The van der Waals surface area contributed by atoms with Crippen molar-refractivity contribution < 1.29 is 18.3 Å². The number of aryl methyl sites for hydroxylation is 1. The molecule has 0 saturated carbocycles. The predicted molar refractivity (Wildman–Crippen MR) is 87.9 cm³/mol. The monoisotopic (exact) mass is 333 g/mol. The molecular weight excluding hydrogens is 314 g/mol. The van der Waals surface area contributed by atoms with Crippen LogP contribution in [0.5, 0.6) is 0 Å². The van der Waals surface area contributed by atoms with E-state index in [1.807, 2.05) is 30.3 Å². The lowest BCUT2D eigenvalue weighted by Gasteiger charge is -2.14. The molecule has 0 spiro atoms. The van der Waals surface area contributed by atoms with Crippen molar-refractivity contribution in [3.05, 3.63) is 65.7 Å². The molecule has 0 radical (unpaired) electrons. The summed E-state index contributed by atoms with van der Waals surface area (Å²) in [5.41, 5.74) is 1.09. The first-order chi connectivity index (χ1) is 10.9. The number of sulfonamides is 1. The SMILES string of the molecule is CC(CCc1ccccc1)NS(=O)(=O)c1cccc(C(=O)O)c1. The predicted octanol–water partition coefficient (Wildman–Crippen LogP) is 2.68. The maximum absolute atomic E-state index is 12.3. The van der Waals surface area contributed by atoms with Gasteiger partial charge in [-0.1, -0.05) is 36.4 Å². The van der Waals surface area contributed by atoms with E-state index in [1.54, 1.807) is 6.92 Å². The lowest BCUT2D eigenvalue weighted by Crippen LogP contribution is -2.33. The molecule has 2 rings (SSSR count). The van der Waals surface area contributed by atoms with Gasteiger partial charge in [0, 0.05) is 6.04 Å². The van der Waals surface area contributed by atoms with Crippen LogP contribution in [0.4, 0.5) is 0 Å². The van der Waals surface area contributed by atoms with Crippen molar-refractivity contribution in [2.75, 3.05) is 0 Å². The van der Waals surface area contributed by atoms with Crippen molar-refractivity contribution in [3.8, 4) is 0 Å². The van der Waals surface area contributed by atoms with Crippen LogP contribution < -0.4 is 4.72 Å². The number of hydrogen-bond donors (Lipinski definition) is 2. The molecule has 1 unspecified atom stereocenters. The minimum atomic E-state index is -3.73. The summed E-state index contributed by atoms with van der Waals surface area (Å²) in [6.45, 7) is 1.79. The Morgan fingerprint density at radius 2 is 1.83 bits per heavy atom. The summed E-state index contributed by atoms with van der Waals surface area (Å²) >= 11 is 0. The summed E-state index contributed by atoms with van der Waals surface area (Å²) in [5, 5.41) is 8.95. The zero-order valence-electron chi connectivity index (χ0n) is 12.8. The summed E-state index contributed by atoms with van der Waals surface area (Å²) in [6, 6.07) is 14.9. The number of aromatic carboxylic acids is 1. The fourth-order valence-corrected chi connectivity index (χ4v) is 3.54. The van der Waals surface area contributed by atoms with Crippen molar-refractivity contribution in [2.45, 2.75) is 30.7 Å². The normalized spacial score (nSPS) is 12.7. The number of benzene rings is 2. The van der Waals surface area contributed by atoms with E-state index in [0.29, 0.717) is 6.42 Å². The molecule has 0 aliphatic carbocycles. The fraction of sp³-hybridized carbons (Fsp3) is 0.235. The largest absolute Gasteiger partial charge is 0.478 e. The van der Waals surface area contributed by atoms with Crippen LogP contribution in [0.2, 0.25) is 0 Å². The van der Waals surface area contributed by atoms with Gasteiger partial charge in [0.1, 0.15) is 0 Å². The Bertz CT molecular complexity index is 772. The van der Waals surface area contributed by atoms with Gasteiger partial charge in [0.15, 0.2) is 0 Å². The number of rotatable bonds is 7. The molecular formula is C17H19NO4S. The van der Waals surface area contributed by atoms with Crippen LogP contribution in [-0.4, -0.2) is 25.5 Å². The van der Waals surface area contributed by atoms with Crippen molar-refractivity contribution in [1.82, 2.24) is 4.72 Å². The van der Waals surface area contributed by atoms with E-state index in [1.165, 1.54) is 18.2 Å². The molecule has 2 N–H and O–H groups in total. The van der Waals surface area contributed by atoms with Crippen LogP contribution in [0.15, 0.2) is 59.5 Å². The van der Waals surface area contributed by atoms with Crippen molar-refractivity contribution in [2.24, 2.45) is 0 Å². The molecule has 2 aromatic rings. The van der Waals surface area contributed by atoms with E-state index in [-0.39, 0.29) is 16.5 Å². The van der Waals surface area contributed by atoms with Gasteiger partial charge in [0.05, 0.1) is 10.5 Å². The highest BCUT2D eigenvalue weighted by molar-refractivity contribution is 7.89. The molecule has 0 saturated heterocycles. The van der Waals surface area contributed by atoms with Crippen LogP contribution in [0, 0.1) is 0 Å². The maximum Gasteiger partial charge on any atom is 0.335 e. The third kappa shape index (κ3) is 4.91. The second kappa shape index (κ2) is 7.39. The summed E-state index contributed by atoms with van der Waals surface area (Å²) in [5.74, 6) is -1.15. The molecule has 0 heterocycles. The average molecular weight is 333 g/mol. The molecule has 0 bridgehead atoms. The minimum absolute atomic E-state index is 0.0380. The molecule has 0 aromatic heterocycles. The Morgan fingerprint density at radius 1 is 1.13 bits per heavy atom. The highest BCUT2D eigenvalue weighted by Crippen LogP contribution is 2.13. The molecule has 0 aliphatic rings. The number of hydrogen-bond acceptors (Lipinski definition) is 3. The van der Waals surface area contributed by atoms with Gasteiger partial charge in [0.25, 0.3) is 0 Å².